The minimum Gasteiger partial charge on any atom is -0.496 e. The molecule has 0 radical (unpaired) electrons. The van der Waals surface area contributed by atoms with Crippen molar-refractivity contribution in [1.82, 2.24) is 14.6 Å². The van der Waals surface area contributed by atoms with Crippen molar-refractivity contribution in [1.29, 1.82) is 0 Å². The second kappa shape index (κ2) is 8.00. The van der Waals surface area contributed by atoms with E-state index in [9.17, 15) is 13.2 Å². The number of imidazole rings is 1. The Kier molecular flexibility index (Phi) is 5.12. The molecule has 33 heavy (non-hydrogen) atoms. The number of halogens is 3. The van der Waals surface area contributed by atoms with Crippen LogP contribution in [0, 0.1) is 0 Å². The zero-order valence-corrected chi connectivity index (χ0v) is 18.2. The predicted molar refractivity (Wildman–Crippen MR) is 115 cm³/mol. The van der Waals surface area contributed by atoms with Gasteiger partial charge in [0.05, 0.1) is 31.4 Å². The molecule has 170 valence electrons. The van der Waals surface area contributed by atoms with Gasteiger partial charge in [-0.25, -0.2) is 9.50 Å². The summed E-state index contributed by atoms with van der Waals surface area (Å²) in [5.41, 5.74) is 0.717. The van der Waals surface area contributed by atoms with Gasteiger partial charge >= 0.3 is 6.18 Å². The topological polar surface area (TPSA) is 71.0 Å². The Morgan fingerprint density at radius 2 is 1.94 bits per heavy atom. The van der Waals surface area contributed by atoms with Gasteiger partial charge in [0.15, 0.2) is 5.76 Å². The molecule has 0 amide bonds. The second-order valence-corrected chi connectivity index (χ2v) is 7.98. The smallest absolute Gasteiger partial charge is 0.416 e. The summed E-state index contributed by atoms with van der Waals surface area (Å²) in [7, 11) is 3.04. The highest BCUT2D eigenvalue weighted by Crippen LogP contribution is 2.38. The molecule has 0 spiro atoms. The van der Waals surface area contributed by atoms with Crippen LogP contribution in [0.25, 0.3) is 27.4 Å². The van der Waals surface area contributed by atoms with E-state index in [-0.39, 0.29) is 6.61 Å². The van der Waals surface area contributed by atoms with Crippen molar-refractivity contribution in [3.05, 3.63) is 59.8 Å². The summed E-state index contributed by atoms with van der Waals surface area (Å²) in [6.07, 6.45) is -2.71. The van der Waals surface area contributed by atoms with Crippen LogP contribution in [0.2, 0.25) is 0 Å². The molecule has 7 nitrogen and oxygen atoms in total. The first-order chi connectivity index (χ1) is 15.8. The Balaban J connectivity index is 1.48. The number of rotatable bonds is 6. The lowest BCUT2D eigenvalue weighted by Crippen LogP contribution is -2.06. The van der Waals surface area contributed by atoms with Gasteiger partial charge in [-0.3, -0.25) is 0 Å². The molecule has 11 heteroatoms. The van der Waals surface area contributed by atoms with Crippen LogP contribution >= 0.6 is 11.3 Å². The van der Waals surface area contributed by atoms with Gasteiger partial charge < -0.3 is 18.6 Å². The maximum absolute atomic E-state index is 13.0. The molecule has 0 bridgehead atoms. The maximum atomic E-state index is 13.0. The zero-order chi connectivity index (χ0) is 23.2. The van der Waals surface area contributed by atoms with Crippen molar-refractivity contribution >= 4 is 27.3 Å². The lowest BCUT2D eigenvalue weighted by Gasteiger charge is -2.11. The highest BCUT2D eigenvalue weighted by Gasteiger charge is 2.30. The summed E-state index contributed by atoms with van der Waals surface area (Å²) in [6.45, 7) is -0.0589. The van der Waals surface area contributed by atoms with Crippen LogP contribution < -0.4 is 14.2 Å². The Morgan fingerprint density at radius 1 is 1.09 bits per heavy atom. The number of hydrogen-bond donors (Lipinski definition) is 0. The maximum Gasteiger partial charge on any atom is 0.416 e. The number of aromatic nitrogens is 3. The largest absolute Gasteiger partial charge is 0.496 e. The molecule has 5 aromatic rings. The number of fused-ring (bicyclic) bond motifs is 2. The van der Waals surface area contributed by atoms with Gasteiger partial charge in [0.25, 0.3) is 5.19 Å². The van der Waals surface area contributed by atoms with E-state index >= 15 is 0 Å². The number of furan rings is 1. The van der Waals surface area contributed by atoms with Crippen molar-refractivity contribution in [2.24, 2.45) is 0 Å². The zero-order valence-electron chi connectivity index (χ0n) is 17.3. The Hall–Kier alpha value is -3.73. The van der Waals surface area contributed by atoms with Gasteiger partial charge in [0, 0.05) is 12.1 Å². The first-order valence-corrected chi connectivity index (χ1v) is 10.5. The first kappa shape index (κ1) is 21.1. The molecule has 0 aliphatic rings. The van der Waals surface area contributed by atoms with E-state index in [4.69, 9.17) is 18.6 Å². The van der Waals surface area contributed by atoms with Crippen LogP contribution in [0.3, 0.4) is 0 Å². The van der Waals surface area contributed by atoms with Gasteiger partial charge in [0.2, 0.25) is 4.96 Å². The van der Waals surface area contributed by atoms with E-state index in [0.717, 1.165) is 12.1 Å². The second-order valence-electron chi connectivity index (χ2n) is 7.06. The molecule has 0 saturated carbocycles. The van der Waals surface area contributed by atoms with Gasteiger partial charge in [-0.15, -0.1) is 5.10 Å². The summed E-state index contributed by atoms with van der Waals surface area (Å²) >= 11 is 1.29. The van der Waals surface area contributed by atoms with Crippen LogP contribution in [-0.4, -0.2) is 28.8 Å². The van der Waals surface area contributed by atoms with E-state index in [1.165, 1.54) is 31.6 Å². The fourth-order valence-corrected chi connectivity index (χ4v) is 4.03. The summed E-state index contributed by atoms with van der Waals surface area (Å²) in [5.74, 6) is 1.39. The Labute approximate surface area is 188 Å². The monoisotopic (exact) mass is 475 g/mol. The standard InChI is InChI=1S/C22H16F3N3O4S/c1-29-14-7-17(31-11-12-4-3-5-13(6-12)22(23,24)25)15-9-19(32-18(15)8-14)16-10-28-20(26-16)33-21(27-28)30-2/h3-10H,11H2,1-2H3. The quantitative estimate of drug-likeness (QED) is 0.308. The number of ether oxygens (including phenoxy) is 3. The number of hydrogen-bond acceptors (Lipinski definition) is 7. The third-order valence-electron chi connectivity index (χ3n) is 4.91. The third kappa shape index (κ3) is 4.07. The molecular weight excluding hydrogens is 459 g/mol. The average Bonchev–Trinajstić information content (AvgIpc) is 3.49. The number of alkyl halides is 3. The molecule has 3 heterocycles. The van der Waals surface area contributed by atoms with Crippen molar-refractivity contribution < 1.29 is 31.8 Å². The normalized spacial score (nSPS) is 11.9. The first-order valence-electron chi connectivity index (χ1n) is 9.65. The molecule has 0 unspecified atom stereocenters. The van der Waals surface area contributed by atoms with Crippen LogP contribution in [-0.2, 0) is 12.8 Å². The molecular formula is C22H16F3N3O4S. The fraction of sp³-hybridized carbons (Fsp3) is 0.182. The molecule has 0 atom stereocenters. The molecule has 0 fully saturated rings. The lowest BCUT2D eigenvalue weighted by molar-refractivity contribution is -0.137. The van der Waals surface area contributed by atoms with E-state index < -0.39 is 11.7 Å². The Bertz CT molecular complexity index is 1420. The molecule has 2 aromatic carbocycles. The van der Waals surface area contributed by atoms with E-state index in [2.05, 4.69) is 10.1 Å². The van der Waals surface area contributed by atoms with Gasteiger partial charge in [-0.05, 0) is 35.1 Å². The van der Waals surface area contributed by atoms with Crippen molar-refractivity contribution in [3.63, 3.8) is 0 Å². The van der Waals surface area contributed by atoms with Crippen LogP contribution in [0.1, 0.15) is 11.1 Å². The van der Waals surface area contributed by atoms with Gasteiger partial charge in [-0.2, -0.15) is 13.2 Å². The molecule has 0 saturated heterocycles. The highest BCUT2D eigenvalue weighted by atomic mass is 32.1. The van der Waals surface area contributed by atoms with Gasteiger partial charge in [0.1, 0.15) is 29.4 Å². The molecule has 0 aliphatic heterocycles. The minimum atomic E-state index is -4.42. The average molecular weight is 475 g/mol. The third-order valence-corrected chi connectivity index (χ3v) is 5.79. The summed E-state index contributed by atoms with van der Waals surface area (Å²) in [6, 6.07) is 10.1. The summed E-state index contributed by atoms with van der Waals surface area (Å²) in [5, 5.41) is 5.38. The van der Waals surface area contributed by atoms with Crippen molar-refractivity contribution in [3.8, 4) is 28.1 Å². The number of nitrogens with zero attached hydrogens (tertiary/aromatic N) is 3. The predicted octanol–water partition coefficient (Wildman–Crippen LogP) is 5.82. The summed E-state index contributed by atoms with van der Waals surface area (Å²) < 4.78 is 62.9. The summed E-state index contributed by atoms with van der Waals surface area (Å²) in [4.78, 5) is 5.15. The molecule has 0 N–H and O–H groups in total. The minimum absolute atomic E-state index is 0.0589. The number of benzene rings is 2. The molecule has 3 aromatic heterocycles. The van der Waals surface area contributed by atoms with Crippen LogP contribution in [0.15, 0.2) is 53.1 Å². The van der Waals surface area contributed by atoms with Crippen LogP contribution in [0.4, 0.5) is 13.2 Å². The van der Waals surface area contributed by atoms with Gasteiger partial charge in [-0.1, -0.05) is 12.1 Å². The Morgan fingerprint density at radius 3 is 2.67 bits per heavy atom. The van der Waals surface area contributed by atoms with E-state index in [0.29, 0.717) is 49.6 Å². The highest BCUT2D eigenvalue weighted by molar-refractivity contribution is 7.18. The number of methoxy groups -OCH3 is 2. The SMILES string of the molecule is COc1cc(OCc2cccc(C(F)(F)F)c2)c2cc(-c3cn4nc(OC)sc4n3)oc2c1. The molecule has 5 rings (SSSR count). The van der Waals surface area contributed by atoms with Crippen LogP contribution in [0.5, 0.6) is 16.7 Å². The van der Waals surface area contributed by atoms with E-state index in [1.54, 1.807) is 35.0 Å². The fourth-order valence-electron chi connectivity index (χ4n) is 3.33. The van der Waals surface area contributed by atoms with E-state index in [1.807, 2.05) is 0 Å². The molecule has 0 aliphatic carbocycles. The van der Waals surface area contributed by atoms with Crippen molar-refractivity contribution in [2.75, 3.05) is 14.2 Å². The lowest BCUT2D eigenvalue weighted by atomic mass is 10.1. The van der Waals surface area contributed by atoms with Crippen molar-refractivity contribution in [2.45, 2.75) is 12.8 Å².